The third-order valence-electron chi connectivity index (χ3n) is 4.34. The van der Waals surface area contributed by atoms with Crippen LogP contribution in [0.3, 0.4) is 0 Å². The minimum Gasteiger partial charge on any atom is -0.457 e. The van der Waals surface area contributed by atoms with Crippen molar-refractivity contribution < 1.29 is 14.3 Å². The number of ether oxygens (including phenoxy) is 1. The normalized spacial score (nSPS) is 10.4. The Balaban J connectivity index is 1.23. The van der Waals surface area contributed by atoms with Crippen LogP contribution >= 0.6 is 23.1 Å². The first kappa shape index (κ1) is 21.7. The highest BCUT2D eigenvalue weighted by atomic mass is 32.2. The molecule has 2 amide bonds. The fourth-order valence-electron chi connectivity index (χ4n) is 2.81. The Morgan fingerprint density at radius 3 is 2.09 bits per heavy atom. The number of para-hydroxylation sites is 1. The summed E-state index contributed by atoms with van der Waals surface area (Å²) in [6, 6.07) is 27.9. The molecule has 3 aromatic carbocycles. The Kier molecular flexibility index (Phi) is 7.22. The van der Waals surface area contributed by atoms with E-state index in [0.717, 1.165) is 16.3 Å². The second kappa shape index (κ2) is 10.7. The van der Waals surface area contributed by atoms with Crippen molar-refractivity contribution in [3.8, 4) is 11.5 Å². The number of rotatable bonds is 8. The quantitative estimate of drug-likeness (QED) is 0.294. The highest BCUT2D eigenvalue weighted by Crippen LogP contribution is 2.24. The van der Waals surface area contributed by atoms with Crippen LogP contribution in [0.2, 0.25) is 0 Å². The maximum Gasteiger partial charge on any atom is 0.265 e. The lowest BCUT2D eigenvalue weighted by molar-refractivity contribution is -0.113. The summed E-state index contributed by atoms with van der Waals surface area (Å²) in [5.74, 6) is 1.53. The SMILES string of the molecule is O=C(CSc1ccc(NC(=O)c2cccs2)cc1)Nc1ccc(Oc2ccccc2)cc1. The minimum atomic E-state index is -0.125. The number of carbonyl (C=O) groups is 2. The Morgan fingerprint density at radius 2 is 1.41 bits per heavy atom. The van der Waals surface area contributed by atoms with Crippen LogP contribution < -0.4 is 15.4 Å². The van der Waals surface area contributed by atoms with Gasteiger partial charge in [0.2, 0.25) is 5.91 Å². The number of hydrogen-bond acceptors (Lipinski definition) is 5. The van der Waals surface area contributed by atoms with Gasteiger partial charge in [0.05, 0.1) is 10.6 Å². The van der Waals surface area contributed by atoms with E-state index in [-0.39, 0.29) is 17.6 Å². The second-order valence-electron chi connectivity index (χ2n) is 6.73. The first-order valence-corrected chi connectivity index (χ1v) is 11.7. The number of amides is 2. The predicted octanol–water partition coefficient (Wildman–Crippen LogP) is 6.52. The van der Waals surface area contributed by atoms with Gasteiger partial charge in [0.1, 0.15) is 11.5 Å². The zero-order valence-electron chi connectivity index (χ0n) is 17.0. The van der Waals surface area contributed by atoms with Crippen LogP contribution in [0.15, 0.2) is 101 Å². The maximum absolute atomic E-state index is 12.3. The molecule has 0 atom stereocenters. The highest BCUT2D eigenvalue weighted by molar-refractivity contribution is 8.00. The Labute approximate surface area is 194 Å². The van der Waals surface area contributed by atoms with Gasteiger partial charge in [0.15, 0.2) is 0 Å². The highest BCUT2D eigenvalue weighted by Gasteiger charge is 2.08. The fourth-order valence-corrected chi connectivity index (χ4v) is 4.13. The van der Waals surface area contributed by atoms with E-state index in [1.54, 1.807) is 6.07 Å². The molecule has 0 saturated heterocycles. The van der Waals surface area contributed by atoms with Crippen molar-refractivity contribution in [1.82, 2.24) is 0 Å². The van der Waals surface area contributed by atoms with Crippen LogP contribution in [-0.2, 0) is 4.79 Å². The van der Waals surface area contributed by atoms with Gasteiger partial charge in [-0.05, 0) is 72.1 Å². The van der Waals surface area contributed by atoms with Crippen LogP contribution in [0.4, 0.5) is 11.4 Å². The van der Waals surface area contributed by atoms with E-state index in [4.69, 9.17) is 4.74 Å². The van der Waals surface area contributed by atoms with Crippen molar-refractivity contribution in [2.24, 2.45) is 0 Å². The molecule has 4 aromatic rings. The van der Waals surface area contributed by atoms with Crippen molar-refractivity contribution in [2.45, 2.75) is 4.90 Å². The third-order valence-corrected chi connectivity index (χ3v) is 6.22. The van der Waals surface area contributed by atoms with Gasteiger partial charge in [-0.3, -0.25) is 9.59 Å². The van der Waals surface area contributed by atoms with Gasteiger partial charge in [-0.25, -0.2) is 0 Å². The number of nitrogens with one attached hydrogen (secondary N) is 2. The lowest BCUT2D eigenvalue weighted by Crippen LogP contribution is -2.13. The first-order valence-electron chi connectivity index (χ1n) is 9.86. The summed E-state index contributed by atoms with van der Waals surface area (Å²) in [4.78, 5) is 26.0. The second-order valence-corrected chi connectivity index (χ2v) is 8.73. The van der Waals surface area contributed by atoms with Crippen LogP contribution in [0.5, 0.6) is 11.5 Å². The molecule has 1 heterocycles. The molecule has 160 valence electrons. The van der Waals surface area contributed by atoms with Gasteiger partial charge in [0.25, 0.3) is 5.91 Å². The fraction of sp³-hybridized carbons (Fsp3) is 0.0400. The molecule has 0 aliphatic carbocycles. The van der Waals surface area contributed by atoms with E-state index in [9.17, 15) is 9.59 Å². The smallest absolute Gasteiger partial charge is 0.265 e. The first-order chi connectivity index (χ1) is 15.7. The van der Waals surface area contributed by atoms with Gasteiger partial charge in [-0.1, -0.05) is 24.3 Å². The van der Waals surface area contributed by atoms with E-state index in [1.165, 1.54) is 23.1 Å². The average Bonchev–Trinajstić information content (AvgIpc) is 3.36. The van der Waals surface area contributed by atoms with Crippen LogP contribution in [0, 0.1) is 0 Å². The molecule has 4 rings (SSSR count). The number of carbonyl (C=O) groups excluding carboxylic acids is 2. The molecule has 0 radical (unpaired) electrons. The van der Waals surface area contributed by atoms with E-state index in [0.29, 0.717) is 16.3 Å². The molecule has 32 heavy (non-hydrogen) atoms. The van der Waals surface area contributed by atoms with E-state index in [1.807, 2.05) is 90.3 Å². The van der Waals surface area contributed by atoms with Crippen LogP contribution in [-0.4, -0.2) is 17.6 Å². The third kappa shape index (κ3) is 6.23. The standard InChI is InChI=1S/C25H20N2O3S2/c28-24(26-18-8-12-21(13-9-18)30-20-5-2-1-3-6-20)17-32-22-14-10-19(11-15-22)27-25(29)23-7-4-16-31-23/h1-16H,17H2,(H,26,28)(H,27,29). The lowest BCUT2D eigenvalue weighted by atomic mass is 10.3. The summed E-state index contributed by atoms with van der Waals surface area (Å²) in [5, 5.41) is 7.61. The van der Waals surface area contributed by atoms with Crippen molar-refractivity contribution in [3.05, 3.63) is 101 Å². The molecular weight excluding hydrogens is 440 g/mol. The number of thiophene rings is 1. The molecule has 0 aliphatic heterocycles. The van der Waals surface area contributed by atoms with Crippen molar-refractivity contribution in [3.63, 3.8) is 0 Å². The predicted molar refractivity (Wildman–Crippen MR) is 131 cm³/mol. The van der Waals surface area contributed by atoms with Crippen LogP contribution in [0.1, 0.15) is 9.67 Å². The molecule has 2 N–H and O–H groups in total. The molecular formula is C25H20N2O3S2. The summed E-state index contributed by atoms with van der Waals surface area (Å²) in [5.41, 5.74) is 1.43. The molecule has 0 bridgehead atoms. The van der Waals surface area contributed by atoms with E-state index in [2.05, 4.69) is 10.6 Å². The summed E-state index contributed by atoms with van der Waals surface area (Å²) in [7, 11) is 0. The van der Waals surface area contributed by atoms with Gasteiger partial charge in [-0.2, -0.15) is 0 Å². The van der Waals surface area contributed by atoms with Crippen molar-refractivity contribution >= 4 is 46.3 Å². The maximum atomic E-state index is 12.3. The number of thioether (sulfide) groups is 1. The Bertz CT molecular complexity index is 1160. The number of hydrogen-bond donors (Lipinski definition) is 2. The summed E-state index contributed by atoms with van der Waals surface area (Å²) < 4.78 is 5.76. The average molecular weight is 461 g/mol. The Morgan fingerprint density at radius 1 is 0.750 bits per heavy atom. The monoisotopic (exact) mass is 460 g/mol. The van der Waals surface area contributed by atoms with Gasteiger partial charge in [0, 0.05) is 16.3 Å². The molecule has 5 nitrogen and oxygen atoms in total. The topological polar surface area (TPSA) is 67.4 Å². The summed E-state index contributed by atoms with van der Waals surface area (Å²) >= 11 is 2.83. The molecule has 0 spiro atoms. The summed E-state index contributed by atoms with van der Waals surface area (Å²) in [6.45, 7) is 0. The molecule has 0 unspecified atom stereocenters. The van der Waals surface area contributed by atoms with Crippen molar-refractivity contribution in [2.75, 3.05) is 16.4 Å². The molecule has 0 saturated carbocycles. The van der Waals surface area contributed by atoms with Gasteiger partial charge in [-0.15, -0.1) is 23.1 Å². The minimum absolute atomic E-state index is 0.0956. The molecule has 0 aliphatic rings. The number of benzene rings is 3. The van der Waals surface area contributed by atoms with E-state index < -0.39 is 0 Å². The summed E-state index contributed by atoms with van der Waals surface area (Å²) in [6.07, 6.45) is 0. The Hall–Kier alpha value is -3.55. The van der Waals surface area contributed by atoms with Crippen molar-refractivity contribution in [1.29, 1.82) is 0 Å². The molecule has 0 fully saturated rings. The lowest BCUT2D eigenvalue weighted by Gasteiger charge is -2.08. The van der Waals surface area contributed by atoms with Gasteiger partial charge < -0.3 is 15.4 Å². The largest absolute Gasteiger partial charge is 0.457 e. The molecule has 1 aromatic heterocycles. The van der Waals surface area contributed by atoms with Crippen LogP contribution in [0.25, 0.3) is 0 Å². The van der Waals surface area contributed by atoms with E-state index >= 15 is 0 Å². The zero-order chi connectivity index (χ0) is 22.2. The zero-order valence-corrected chi connectivity index (χ0v) is 18.6. The van der Waals surface area contributed by atoms with Gasteiger partial charge >= 0.3 is 0 Å². The molecule has 7 heteroatoms. The number of anilines is 2.